The van der Waals surface area contributed by atoms with Gasteiger partial charge in [-0.3, -0.25) is 0 Å². The molecule has 1 aromatic heterocycles. The molecule has 2 bridgehead atoms. The van der Waals surface area contributed by atoms with Crippen LogP contribution in [0.4, 0.5) is 0 Å². The van der Waals surface area contributed by atoms with Crippen LogP contribution in [0.1, 0.15) is 54.6 Å². The van der Waals surface area contributed by atoms with E-state index >= 15 is 0 Å². The van der Waals surface area contributed by atoms with Crippen LogP contribution in [0.3, 0.4) is 0 Å². The molecule has 3 rings (SSSR count). The molecule has 0 spiro atoms. The lowest BCUT2D eigenvalue weighted by molar-refractivity contribution is 0.278. The number of thiazole rings is 1. The second kappa shape index (κ2) is 6.15. The molecule has 4 unspecified atom stereocenters. The van der Waals surface area contributed by atoms with Crippen LogP contribution in [-0.2, 0) is 6.42 Å². The Morgan fingerprint density at radius 2 is 2.15 bits per heavy atom. The molecule has 4 atom stereocenters. The molecule has 1 N–H and O–H groups in total. The number of hydrogen-bond donors (Lipinski definition) is 1. The van der Waals surface area contributed by atoms with E-state index in [0.717, 1.165) is 30.7 Å². The van der Waals surface area contributed by atoms with Crippen LogP contribution >= 0.6 is 11.3 Å². The van der Waals surface area contributed by atoms with Crippen LogP contribution in [0.2, 0.25) is 0 Å². The Bertz CT molecular complexity index is 434. The Balaban J connectivity index is 1.60. The van der Waals surface area contributed by atoms with Gasteiger partial charge in [0.15, 0.2) is 0 Å². The molecule has 0 saturated heterocycles. The van der Waals surface area contributed by atoms with Gasteiger partial charge in [0, 0.05) is 17.3 Å². The van der Waals surface area contributed by atoms with Crippen molar-refractivity contribution in [2.45, 2.75) is 65.3 Å². The highest BCUT2D eigenvalue weighted by Crippen LogP contribution is 2.50. The summed E-state index contributed by atoms with van der Waals surface area (Å²) in [5.41, 5.74) is 1.22. The fourth-order valence-corrected chi connectivity index (χ4v) is 5.41. The van der Waals surface area contributed by atoms with E-state index in [1.54, 1.807) is 0 Å². The Hall–Kier alpha value is -0.410. The molecule has 0 aliphatic heterocycles. The lowest BCUT2D eigenvalue weighted by atomic mass is 9.83. The smallest absolute Gasteiger partial charge is 0.0946 e. The summed E-state index contributed by atoms with van der Waals surface area (Å²) in [5.74, 6) is 3.09. The molecule has 2 aliphatic rings. The van der Waals surface area contributed by atoms with Crippen molar-refractivity contribution in [3.05, 3.63) is 15.6 Å². The first-order chi connectivity index (χ1) is 9.65. The highest BCUT2D eigenvalue weighted by Gasteiger charge is 2.40. The van der Waals surface area contributed by atoms with Gasteiger partial charge in [-0.25, -0.2) is 4.98 Å². The molecule has 2 saturated carbocycles. The van der Waals surface area contributed by atoms with Gasteiger partial charge in [-0.15, -0.1) is 11.3 Å². The molecule has 0 radical (unpaired) electrons. The van der Waals surface area contributed by atoms with Crippen LogP contribution in [-0.4, -0.2) is 17.6 Å². The number of hydrogen-bond acceptors (Lipinski definition) is 3. The third-order valence-electron chi connectivity index (χ3n) is 5.46. The van der Waals surface area contributed by atoms with E-state index < -0.39 is 0 Å². The highest BCUT2D eigenvalue weighted by molar-refractivity contribution is 7.11. The first-order valence-electron chi connectivity index (χ1n) is 8.32. The summed E-state index contributed by atoms with van der Waals surface area (Å²) in [6.07, 6.45) is 8.54. The quantitative estimate of drug-likeness (QED) is 0.853. The van der Waals surface area contributed by atoms with Crippen LogP contribution in [0.5, 0.6) is 0 Å². The average Bonchev–Trinajstić information content (AvgIpc) is 3.07. The Labute approximate surface area is 127 Å². The number of fused-ring (bicyclic) bond motifs is 2. The van der Waals surface area contributed by atoms with E-state index in [2.05, 4.69) is 26.1 Å². The second-order valence-corrected chi connectivity index (χ2v) is 8.17. The zero-order chi connectivity index (χ0) is 14.1. The molecular formula is C17H28N2S. The van der Waals surface area contributed by atoms with Gasteiger partial charge in [-0.2, -0.15) is 0 Å². The van der Waals surface area contributed by atoms with Crippen molar-refractivity contribution in [1.29, 1.82) is 0 Å². The first kappa shape index (κ1) is 14.5. The summed E-state index contributed by atoms with van der Waals surface area (Å²) in [4.78, 5) is 6.12. The van der Waals surface area contributed by atoms with Crippen molar-refractivity contribution in [3.8, 4) is 0 Å². The third kappa shape index (κ3) is 3.09. The van der Waals surface area contributed by atoms with E-state index in [9.17, 15) is 0 Å². The maximum atomic E-state index is 4.73. The van der Waals surface area contributed by atoms with Gasteiger partial charge < -0.3 is 5.32 Å². The molecule has 1 heterocycles. The van der Waals surface area contributed by atoms with E-state index in [1.165, 1.54) is 47.7 Å². The fraction of sp³-hybridized carbons (Fsp3) is 0.824. The standard InChI is InChI=1S/C17H28N2S/c1-4-18-16(10-17-19-11(2)12(3)20-17)9-15-8-13-5-6-14(15)7-13/h13-16,18H,4-10H2,1-3H3. The van der Waals surface area contributed by atoms with Crippen molar-refractivity contribution in [2.24, 2.45) is 17.8 Å². The Kier molecular flexibility index (Phi) is 4.46. The minimum atomic E-state index is 0.634. The monoisotopic (exact) mass is 292 g/mol. The number of likely N-dealkylation sites (N-methyl/N-ethyl adjacent to an activating group) is 1. The van der Waals surface area contributed by atoms with Gasteiger partial charge in [0.05, 0.1) is 10.7 Å². The molecule has 3 heteroatoms. The Morgan fingerprint density at radius 3 is 2.70 bits per heavy atom. The van der Waals surface area contributed by atoms with Crippen molar-refractivity contribution in [1.82, 2.24) is 10.3 Å². The van der Waals surface area contributed by atoms with Gasteiger partial charge in [0.2, 0.25) is 0 Å². The minimum absolute atomic E-state index is 0.634. The SMILES string of the molecule is CCNC(Cc1nc(C)c(C)s1)CC1CC2CCC1C2. The average molecular weight is 292 g/mol. The topological polar surface area (TPSA) is 24.9 Å². The van der Waals surface area contributed by atoms with Crippen LogP contribution in [0, 0.1) is 31.6 Å². The predicted octanol–water partition coefficient (Wildman–Crippen LogP) is 4.11. The molecule has 2 fully saturated rings. The second-order valence-electron chi connectivity index (χ2n) is 6.88. The summed E-state index contributed by atoms with van der Waals surface area (Å²) in [7, 11) is 0. The largest absolute Gasteiger partial charge is 0.314 e. The van der Waals surface area contributed by atoms with Crippen molar-refractivity contribution in [3.63, 3.8) is 0 Å². The van der Waals surface area contributed by atoms with E-state index in [-0.39, 0.29) is 0 Å². The number of aromatic nitrogens is 1. The summed E-state index contributed by atoms with van der Waals surface area (Å²) < 4.78 is 0. The van der Waals surface area contributed by atoms with Gasteiger partial charge in [0.25, 0.3) is 0 Å². The lowest BCUT2D eigenvalue weighted by Gasteiger charge is -2.26. The predicted molar refractivity (Wildman–Crippen MR) is 86.3 cm³/mol. The van der Waals surface area contributed by atoms with Crippen LogP contribution < -0.4 is 5.32 Å². The molecule has 0 aromatic carbocycles. The van der Waals surface area contributed by atoms with Crippen molar-refractivity contribution in [2.75, 3.05) is 6.54 Å². The van der Waals surface area contributed by atoms with Gasteiger partial charge in [-0.05, 0) is 63.8 Å². The lowest BCUT2D eigenvalue weighted by Crippen LogP contribution is -2.34. The van der Waals surface area contributed by atoms with E-state index in [4.69, 9.17) is 4.98 Å². The van der Waals surface area contributed by atoms with Gasteiger partial charge in [0.1, 0.15) is 0 Å². The van der Waals surface area contributed by atoms with Crippen molar-refractivity contribution >= 4 is 11.3 Å². The molecule has 2 nitrogen and oxygen atoms in total. The number of aryl methyl sites for hydroxylation is 2. The fourth-order valence-electron chi connectivity index (χ4n) is 4.40. The summed E-state index contributed by atoms with van der Waals surface area (Å²) in [6.45, 7) is 7.63. The summed E-state index contributed by atoms with van der Waals surface area (Å²) in [6, 6.07) is 0.634. The van der Waals surface area contributed by atoms with Crippen molar-refractivity contribution < 1.29 is 0 Å². The van der Waals surface area contributed by atoms with Gasteiger partial charge >= 0.3 is 0 Å². The molecule has 1 aromatic rings. The molecule has 2 aliphatic carbocycles. The number of nitrogens with one attached hydrogen (secondary N) is 1. The van der Waals surface area contributed by atoms with Crippen LogP contribution in [0.25, 0.3) is 0 Å². The van der Waals surface area contributed by atoms with Crippen LogP contribution in [0.15, 0.2) is 0 Å². The van der Waals surface area contributed by atoms with E-state index in [1.807, 2.05) is 11.3 Å². The molecule has 0 amide bonds. The Morgan fingerprint density at radius 1 is 1.30 bits per heavy atom. The zero-order valence-electron chi connectivity index (χ0n) is 13.1. The number of nitrogens with zero attached hydrogens (tertiary/aromatic N) is 1. The summed E-state index contributed by atoms with van der Waals surface area (Å²) in [5, 5.41) is 5.04. The molecule has 112 valence electrons. The molecule has 20 heavy (non-hydrogen) atoms. The number of rotatable bonds is 6. The third-order valence-corrected chi connectivity index (χ3v) is 6.55. The van der Waals surface area contributed by atoms with Gasteiger partial charge in [-0.1, -0.05) is 13.3 Å². The first-order valence-corrected chi connectivity index (χ1v) is 9.13. The summed E-state index contributed by atoms with van der Waals surface area (Å²) >= 11 is 1.89. The maximum absolute atomic E-state index is 4.73. The maximum Gasteiger partial charge on any atom is 0.0946 e. The van der Waals surface area contributed by atoms with E-state index in [0.29, 0.717) is 6.04 Å². The molecular weight excluding hydrogens is 264 g/mol. The minimum Gasteiger partial charge on any atom is -0.314 e. The highest BCUT2D eigenvalue weighted by atomic mass is 32.1. The normalized spacial score (nSPS) is 30.1. The zero-order valence-corrected chi connectivity index (χ0v) is 13.9.